The van der Waals surface area contributed by atoms with Crippen molar-refractivity contribution in [3.05, 3.63) is 42.2 Å². The van der Waals surface area contributed by atoms with Gasteiger partial charge < -0.3 is 0 Å². The minimum absolute atomic E-state index is 0.0672. The van der Waals surface area contributed by atoms with Crippen molar-refractivity contribution >= 4 is 21.8 Å². The number of hydrogen-bond acceptors (Lipinski definition) is 5. The smallest absolute Gasteiger partial charge is 0.243 e. The second kappa shape index (κ2) is 7.38. The Bertz CT molecular complexity index is 899. The molecule has 150 valence electrons. The lowest BCUT2D eigenvalue weighted by molar-refractivity contribution is -0.142. The maximum Gasteiger partial charge on any atom is 0.243 e. The second-order valence-electron chi connectivity index (χ2n) is 7.38. The highest BCUT2D eigenvalue weighted by Gasteiger charge is 2.47. The van der Waals surface area contributed by atoms with Crippen LogP contribution in [0, 0.1) is 17.7 Å². The van der Waals surface area contributed by atoms with Gasteiger partial charge in [0.15, 0.2) is 0 Å². The van der Waals surface area contributed by atoms with E-state index in [-0.39, 0.29) is 48.3 Å². The molecule has 3 aliphatic rings. The molecule has 0 bridgehead atoms. The fourth-order valence-electron chi connectivity index (χ4n) is 4.10. The van der Waals surface area contributed by atoms with Crippen molar-refractivity contribution < 1.29 is 22.4 Å². The minimum atomic E-state index is -3.76. The zero-order chi connectivity index (χ0) is 19.9. The molecule has 2 atom stereocenters. The Morgan fingerprint density at radius 2 is 1.57 bits per heavy atom. The fourth-order valence-corrected chi connectivity index (χ4v) is 5.55. The fraction of sp³-hybridized carbons (Fsp3) is 0.474. The Morgan fingerprint density at radius 1 is 0.964 bits per heavy atom. The van der Waals surface area contributed by atoms with Crippen LogP contribution in [0.3, 0.4) is 0 Å². The van der Waals surface area contributed by atoms with Gasteiger partial charge in [-0.25, -0.2) is 12.8 Å². The van der Waals surface area contributed by atoms with E-state index in [2.05, 4.69) is 0 Å². The van der Waals surface area contributed by atoms with Gasteiger partial charge in [0, 0.05) is 26.2 Å². The van der Waals surface area contributed by atoms with Crippen molar-refractivity contribution in [2.45, 2.75) is 17.7 Å². The molecule has 9 heteroatoms. The summed E-state index contributed by atoms with van der Waals surface area (Å²) in [5.41, 5.74) is 0. The highest BCUT2D eigenvalue weighted by Crippen LogP contribution is 2.35. The molecule has 4 rings (SSSR count). The third kappa shape index (κ3) is 3.38. The summed E-state index contributed by atoms with van der Waals surface area (Å²) in [6, 6.07) is 4.96. The molecule has 0 spiro atoms. The molecule has 2 fully saturated rings. The summed E-state index contributed by atoms with van der Waals surface area (Å²) in [7, 11) is -3.76. The number of benzene rings is 1. The molecule has 7 nitrogen and oxygen atoms in total. The molecule has 0 saturated carbocycles. The predicted octanol–water partition coefficient (Wildman–Crippen LogP) is 1.04. The van der Waals surface area contributed by atoms with Gasteiger partial charge >= 0.3 is 0 Å². The summed E-state index contributed by atoms with van der Waals surface area (Å²) in [5, 5.41) is 0. The number of fused-ring (bicyclic) bond motifs is 1. The van der Waals surface area contributed by atoms with Gasteiger partial charge in [-0.2, -0.15) is 4.31 Å². The third-order valence-corrected chi connectivity index (χ3v) is 7.60. The number of sulfonamides is 1. The summed E-state index contributed by atoms with van der Waals surface area (Å²) in [6.07, 6.45) is 5.11. The Morgan fingerprint density at radius 3 is 2.14 bits per heavy atom. The van der Waals surface area contributed by atoms with E-state index in [1.807, 2.05) is 17.1 Å². The van der Waals surface area contributed by atoms with E-state index in [9.17, 15) is 22.4 Å². The molecule has 2 saturated heterocycles. The van der Waals surface area contributed by atoms with Gasteiger partial charge in [0.25, 0.3) is 0 Å². The maximum absolute atomic E-state index is 13.4. The second-order valence-corrected chi connectivity index (χ2v) is 9.32. The molecule has 1 aromatic rings. The number of amides is 2. The zero-order valence-electron chi connectivity index (χ0n) is 15.3. The summed E-state index contributed by atoms with van der Waals surface area (Å²) in [6.45, 7) is 1.45. The van der Waals surface area contributed by atoms with Crippen LogP contribution in [0.4, 0.5) is 4.39 Å². The largest absolute Gasteiger partial charge is 0.283 e. The van der Waals surface area contributed by atoms with Crippen LogP contribution >= 0.6 is 0 Å². The molecule has 1 aromatic carbocycles. The molecular formula is C19H22FN3O4S. The molecule has 1 aliphatic carbocycles. The average Bonchev–Trinajstić information content (AvgIpc) is 2.94. The van der Waals surface area contributed by atoms with Crippen LogP contribution in [-0.4, -0.2) is 67.2 Å². The zero-order valence-corrected chi connectivity index (χ0v) is 16.1. The first kappa shape index (κ1) is 19.2. The molecule has 0 N–H and O–H groups in total. The van der Waals surface area contributed by atoms with Crippen LogP contribution in [0.15, 0.2) is 41.3 Å². The molecule has 0 radical (unpaired) electrons. The number of likely N-dealkylation sites (tertiary alicyclic amines) is 1. The molecule has 2 heterocycles. The van der Waals surface area contributed by atoms with E-state index in [0.29, 0.717) is 25.9 Å². The van der Waals surface area contributed by atoms with Crippen molar-refractivity contribution in [3.63, 3.8) is 0 Å². The van der Waals surface area contributed by atoms with Crippen LogP contribution in [0.2, 0.25) is 0 Å². The Hall–Kier alpha value is -2.10. The number of carbonyl (C=O) groups is 2. The number of imide groups is 1. The van der Waals surface area contributed by atoms with Crippen LogP contribution in [-0.2, 0) is 19.6 Å². The van der Waals surface area contributed by atoms with Crippen LogP contribution in [0.5, 0.6) is 0 Å². The summed E-state index contributed by atoms with van der Waals surface area (Å²) in [4.78, 5) is 28.3. The molecule has 28 heavy (non-hydrogen) atoms. The minimum Gasteiger partial charge on any atom is -0.283 e. The first-order valence-corrected chi connectivity index (χ1v) is 10.8. The Kier molecular flexibility index (Phi) is 5.07. The van der Waals surface area contributed by atoms with Crippen molar-refractivity contribution in [2.75, 3.05) is 32.8 Å². The number of nitrogens with zero attached hydrogens (tertiary/aromatic N) is 3. The normalized spacial score (nSPS) is 26.7. The van der Waals surface area contributed by atoms with Gasteiger partial charge in [-0.3, -0.25) is 19.4 Å². The van der Waals surface area contributed by atoms with Crippen LogP contribution in [0.25, 0.3) is 0 Å². The van der Waals surface area contributed by atoms with Crippen molar-refractivity contribution in [1.29, 1.82) is 0 Å². The quantitative estimate of drug-likeness (QED) is 0.551. The van der Waals surface area contributed by atoms with Crippen molar-refractivity contribution in [3.8, 4) is 0 Å². The first-order chi connectivity index (χ1) is 13.4. The van der Waals surface area contributed by atoms with E-state index in [4.69, 9.17) is 0 Å². The lowest BCUT2D eigenvalue weighted by Crippen LogP contribution is -2.52. The lowest BCUT2D eigenvalue weighted by Gasteiger charge is -2.35. The monoisotopic (exact) mass is 407 g/mol. The number of rotatable bonds is 4. The van der Waals surface area contributed by atoms with E-state index in [1.165, 1.54) is 27.4 Å². The molecule has 2 amide bonds. The highest BCUT2D eigenvalue weighted by molar-refractivity contribution is 7.89. The predicted molar refractivity (Wildman–Crippen MR) is 98.8 cm³/mol. The van der Waals surface area contributed by atoms with Crippen LogP contribution < -0.4 is 0 Å². The molecule has 0 aromatic heterocycles. The number of hydrogen-bond donors (Lipinski definition) is 0. The maximum atomic E-state index is 13.4. The van der Waals surface area contributed by atoms with E-state index >= 15 is 0 Å². The highest BCUT2D eigenvalue weighted by atomic mass is 32.2. The van der Waals surface area contributed by atoms with Crippen molar-refractivity contribution in [2.24, 2.45) is 11.8 Å². The van der Waals surface area contributed by atoms with Crippen molar-refractivity contribution in [1.82, 2.24) is 14.1 Å². The van der Waals surface area contributed by atoms with Gasteiger partial charge in [-0.05, 0) is 31.0 Å². The summed E-state index contributed by atoms with van der Waals surface area (Å²) < 4.78 is 40.1. The number of allylic oxidation sites excluding steroid dienone is 2. The van der Waals surface area contributed by atoms with Gasteiger partial charge in [-0.1, -0.05) is 18.2 Å². The summed E-state index contributed by atoms with van der Waals surface area (Å²) in [5.74, 6) is -1.37. The van der Waals surface area contributed by atoms with E-state index in [0.717, 1.165) is 6.07 Å². The van der Waals surface area contributed by atoms with Gasteiger partial charge in [0.2, 0.25) is 21.8 Å². The lowest BCUT2D eigenvalue weighted by atomic mass is 9.85. The first-order valence-electron chi connectivity index (χ1n) is 9.36. The number of halogens is 1. The number of carbonyl (C=O) groups excluding carboxylic acids is 2. The molecule has 2 aliphatic heterocycles. The SMILES string of the molecule is O=C1[C@@H]2CC=CC[C@H]2C(=O)N1CN1CCN(S(=O)(=O)c2cccc(F)c2)CC1. The van der Waals surface area contributed by atoms with Crippen LogP contribution in [0.1, 0.15) is 12.8 Å². The van der Waals surface area contributed by atoms with Gasteiger partial charge in [0.05, 0.1) is 23.4 Å². The van der Waals surface area contributed by atoms with Gasteiger partial charge in [0.1, 0.15) is 5.82 Å². The molecular weight excluding hydrogens is 385 g/mol. The van der Waals surface area contributed by atoms with Gasteiger partial charge in [-0.15, -0.1) is 0 Å². The van der Waals surface area contributed by atoms with E-state index in [1.54, 1.807) is 0 Å². The topological polar surface area (TPSA) is 78.0 Å². The Balaban J connectivity index is 1.38. The average molecular weight is 407 g/mol. The Labute approximate surface area is 163 Å². The summed E-state index contributed by atoms with van der Waals surface area (Å²) >= 11 is 0. The molecule has 0 unspecified atom stereocenters. The van der Waals surface area contributed by atoms with E-state index < -0.39 is 15.8 Å². The standard InChI is InChI=1S/C19H22FN3O4S/c20-14-4-3-5-15(12-14)28(26,27)22-10-8-21(9-11-22)13-23-18(24)16-6-1-2-7-17(16)19(23)25/h1-5,12,16-17H,6-11,13H2/t16-,17-/m1/s1. The third-order valence-electron chi connectivity index (χ3n) is 5.71. The number of piperazine rings is 1.